The first kappa shape index (κ1) is 22.4. The molecular weight excluding hydrogens is 474 g/mol. The number of likely N-dealkylation sites (N-methyl/N-ethyl adjacent to an activating group) is 1. The predicted molar refractivity (Wildman–Crippen MR) is 126 cm³/mol. The first-order valence-electron chi connectivity index (χ1n) is 9.89. The van der Waals surface area contributed by atoms with Crippen LogP contribution >= 0.6 is 34.3 Å². The average molecular weight is 496 g/mol. The number of carbonyl (C=O) groups is 1. The molecule has 10 heteroatoms. The Morgan fingerprint density at radius 2 is 1.84 bits per heavy atom. The number of amides is 1. The summed E-state index contributed by atoms with van der Waals surface area (Å²) in [5.41, 5.74) is 2.02. The van der Waals surface area contributed by atoms with E-state index in [9.17, 15) is 13.2 Å². The van der Waals surface area contributed by atoms with Crippen molar-refractivity contribution in [2.24, 2.45) is 0 Å². The number of carbonyl (C=O) groups excluding carboxylic acids is 1. The van der Waals surface area contributed by atoms with Crippen molar-refractivity contribution in [1.29, 1.82) is 0 Å². The summed E-state index contributed by atoms with van der Waals surface area (Å²) < 4.78 is 27.3. The summed E-state index contributed by atoms with van der Waals surface area (Å²) in [7, 11) is -2.39. The molecule has 0 aliphatic heterocycles. The Bertz CT molecular complexity index is 1150. The normalized spacial score (nSPS) is 13.9. The van der Waals surface area contributed by atoms with Crippen LogP contribution in [0.3, 0.4) is 0 Å². The second kappa shape index (κ2) is 9.38. The van der Waals surface area contributed by atoms with E-state index in [4.69, 9.17) is 16.6 Å². The number of benzene rings is 1. The maximum absolute atomic E-state index is 13.3. The summed E-state index contributed by atoms with van der Waals surface area (Å²) in [6.45, 7) is 0.0553. The third kappa shape index (κ3) is 5.01. The van der Waals surface area contributed by atoms with Crippen LogP contribution in [0, 0.1) is 0 Å². The summed E-state index contributed by atoms with van der Waals surface area (Å²) >= 11 is 8.41. The lowest BCUT2D eigenvalue weighted by molar-refractivity contribution is -0.118. The molecular formula is C21H22ClN3O3S3. The molecule has 31 heavy (non-hydrogen) atoms. The predicted octanol–water partition coefficient (Wildman–Crippen LogP) is 4.59. The van der Waals surface area contributed by atoms with Crippen LogP contribution in [0.4, 0.5) is 5.13 Å². The highest BCUT2D eigenvalue weighted by Gasteiger charge is 2.29. The van der Waals surface area contributed by atoms with Crippen molar-refractivity contribution in [2.45, 2.75) is 36.4 Å². The molecule has 3 aromatic rings. The summed E-state index contributed by atoms with van der Waals surface area (Å²) in [5.74, 6) is -0.316. The van der Waals surface area contributed by atoms with Gasteiger partial charge in [-0.05, 0) is 43.4 Å². The van der Waals surface area contributed by atoms with Gasteiger partial charge in [0.05, 0.1) is 23.1 Å². The number of fused-ring (bicyclic) bond motifs is 1. The van der Waals surface area contributed by atoms with Crippen LogP contribution in [0.2, 0.25) is 4.34 Å². The van der Waals surface area contributed by atoms with Crippen molar-refractivity contribution >= 4 is 55.3 Å². The largest absolute Gasteiger partial charge is 0.282 e. The summed E-state index contributed by atoms with van der Waals surface area (Å²) in [5, 5.41) is 0.630. The number of anilines is 1. The molecule has 1 aromatic carbocycles. The lowest BCUT2D eigenvalue weighted by atomic mass is 10.0. The maximum atomic E-state index is 13.3. The summed E-state index contributed by atoms with van der Waals surface area (Å²) in [4.78, 5) is 20.9. The molecule has 0 saturated heterocycles. The number of nitrogens with zero attached hydrogens (tertiary/aromatic N) is 3. The molecule has 2 aromatic heterocycles. The zero-order valence-electron chi connectivity index (χ0n) is 17.0. The smallest absolute Gasteiger partial charge is 0.252 e. The zero-order chi connectivity index (χ0) is 22.0. The fraction of sp³-hybridized carbons (Fsp3) is 0.333. The van der Waals surface area contributed by atoms with Crippen LogP contribution in [-0.4, -0.2) is 37.2 Å². The molecule has 0 radical (unpaired) electrons. The third-order valence-electron chi connectivity index (χ3n) is 5.12. The Balaban J connectivity index is 1.60. The van der Waals surface area contributed by atoms with Gasteiger partial charge in [0.1, 0.15) is 4.21 Å². The molecule has 0 spiro atoms. The first-order chi connectivity index (χ1) is 14.8. The highest BCUT2D eigenvalue weighted by Crippen LogP contribution is 2.33. The van der Waals surface area contributed by atoms with Crippen LogP contribution in [0.15, 0.2) is 46.7 Å². The van der Waals surface area contributed by atoms with Gasteiger partial charge >= 0.3 is 0 Å². The second-order valence-corrected chi connectivity index (χ2v) is 12.4. The molecule has 1 aliphatic rings. The molecule has 164 valence electrons. The second-order valence-electron chi connectivity index (χ2n) is 7.36. The Morgan fingerprint density at radius 1 is 1.10 bits per heavy atom. The van der Waals surface area contributed by atoms with Crippen molar-refractivity contribution in [3.05, 3.63) is 62.9 Å². The van der Waals surface area contributed by atoms with Crippen LogP contribution in [0.1, 0.15) is 29.0 Å². The van der Waals surface area contributed by atoms with E-state index in [-0.39, 0.29) is 16.7 Å². The highest BCUT2D eigenvalue weighted by atomic mass is 35.5. The molecule has 0 N–H and O–H groups in total. The van der Waals surface area contributed by atoms with E-state index in [1.807, 2.05) is 30.3 Å². The van der Waals surface area contributed by atoms with Crippen LogP contribution in [0.25, 0.3) is 0 Å². The van der Waals surface area contributed by atoms with E-state index >= 15 is 0 Å². The monoisotopic (exact) mass is 495 g/mol. The van der Waals surface area contributed by atoms with Gasteiger partial charge in [-0.15, -0.1) is 22.7 Å². The van der Waals surface area contributed by atoms with Gasteiger partial charge in [0.25, 0.3) is 10.0 Å². The lowest BCUT2D eigenvalue weighted by Gasteiger charge is -2.23. The number of thiazole rings is 1. The fourth-order valence-electron chi connectivity index (χ4n) is 3.43. The van der Waals surface area contributed by atoms with E-state index in [1.54, 1.807) is 4.90 Å². The fourth-order valence-corrected chi connectivity index (χ4v) is 7.41. The van der Waals surface area contributed by atoms with Gasteiger partial charge in [-0.3, -0.25) is 9.69 Å². The van der Waals surface area contributed by atoms with Crippen molar-refractivity contribution in [1.82, 2.24) is 9.29 Å². The Morgan fingerprint density at radius 3 is 2.52 bits per heavy atom. The number of aromatic nitrogens is 1. The van der Waals surface area contributed by atoms with E-state index in [0.717, 1.165) is 52.6 Å². The standard InChI is InChI=1S/C21H22ClN3O3S3/c1-24(31(27,28)20-12-11-18(22)30-20)14-19(26)25(13-15-7-3-2-4-8-15)21-23-16-9-5-6-10-17(16)29-21/h2-4,7-8,11-12H,5-6,9-10,13-14H2,1H3. The van der Waals surface area contributed by atoms with Crippen molar-refractivity contribution < 1.29 is 13.2 Å². The molecule has 0 atom stereocenters. The number of hydrogen-bond acceptors (Lipinski definition) is 6. The topological polar surface area (TPSA) is 70.6 Å². The van der Waals surface area contributed by atoms with E-state index in [0.29, 0.717) is 16.0 Å². The third-order valence-corrected chi connectivity index (χ3v) is 9.80. The minimum absolute atomic E-state index is 0.118. The number of halogens is 1. The van der Waals surface area contributed by atoms with E-state index in [2.05, 4.69) is 0 Å². The highest BCUT2D eigenvalue weighted by molar-refractivity contribution is 7.91. The average Bonchev–Trinajstić information content (AvgIpc) is 3.39. The summed E-state index contributed by atoms with van der Waals surface area (Å²) in [6.07, 6.45) is 4.14. The molecule has 0 unspecified atom stereocenters. The van der Waals surface area contributed by atoms with Crippen LogP contribution in [0.5, 0.6) is 0 Å². The zero-order valence-corrected chi connectivity index (χ0v) is 20.2. The van der Waals surface area contributed by atoms with Gasteiger partial charge in [-0.1, -0.05) is 41.9 Å². The van der Waals surface area contributed by atoms with E-state index < -0.39 is 10.0 Å². The SMILES string of the molecule is CN(CC(=O)N(Cc1ccccc1)c1nc2c(s1)CCCC2)S(=O)(=O)c1ccc(Cl)s1. The van der Waals surface area contributed by atoms with Gasteiger partial charge in [0.15, 0.2) is 5.13 Å². The molecule has 1 amide bonds. The Hall–Kier alpha value is -1.78. The van der Waals surface area contributed by atoms with Crippen LogP contribution < -0.4 is 4.90 Å². The van der Waals surface area contributed by atoms with Crippen LogP contribution in [-0.2, 0) is 34.2 Å². The molecule has 4 rings (SSSR count). The maximum Gasteiger partial charge on any atom is 0.252 e. The molecule has 2 heterocycles. The van der Waals surface area contributed by atoms with Crippen molar-refractivity contribution in [2.75, 3.05) is 18.5 Å². The Labute approximate surface area is 195 Å². The molecule has 0 saturated carbocycles. The molecule has 1 aliphatic carbocycles. The lowest BCUT2D eigenvalue weighted by Crippen LogP contribution is -2.40. The number of rotatable bonds is 7. The molecule has 0 fully saturated rings. The number of thiophene rings is 1. The van der Waals surface area contributed by atoms with Gasteiger partial charge in [-0.25, -0.2) is 13.4 Å². The first-order valence-corrected chi connectivity index (χ1v) is 13.3. The van der Waals surface area contributed by atoms with E-state index in [1.165, 1.54) is 35.4 Å². The Kier molecular flexibility index (Phi) is 6.78. The number of aryl methyl sites for hydroxylation is 2. The quantitative estimate of drug-likeness (QED) is 0.480. The number of sulfonamides is 1. The van der Waals surface area contributed by atoms with Crippen molar-refractivity contribution in [3.8, 4) is 0 Å². The molecule has 6 nitrogen and oxygen atoms in total. The minimum Gasteiger partial charge on any atom is -0.282 e. The number of hydrogen-bond donors (Lipinski definition) is 0. The minimum atomic E-state index is -3.80. The van der Waals surface area contributed by atoms with Crippen molar-refractivity contribution in [3.63, 3.8) is 0 Å². The van der Waals surface area contributed by atoms with Gasteiger partial charge < -0.3 is 0 Å². The summed E-state index contributed by atoms with van der Waals surface area (Å²) in [6, 6.07) is 12.6. The van der Waals surface area contributed by atoms with Gasteiger partial charge in [-0.2, -0.15) is 4.31 Å². The van der Waals surface area contributed by atoms with Gasteiger partial charge in [0, 0.05) is 11.9 Å². The van der Waals surface area contributed by atoms with Gasteiger partial charge in [0.2, 0.25) is 5.91 Å². The molecule has 0 bridgehead atoms.